The maximum atomic E-state index is 13.9. The third-order valence-electron chi connectivity index (χ3n) is 3.62. The van der Waals surface area contributed by atoms with Crippen LogP contribution in [0.25, 0.3) is 0 Å². The van der Waals surface area contributed by atoms with Crippen LogP contribution in [0.1, 0.15) is 17.2 Å². The van der Waals surface area contributed by atoms with Crippen LogP contribution < -0.4 is 10.6 Å². The molecule has 0 spiro atoms. The van der Waals surface area contributed by atoms with Crippen molar-refractivity contribution in [2.45, 2.75) is 12.6 Å². The molecule has 2 aromatic rings. The van der Waals surface area contributed by atoms with Gasteiger partial charge in [0.2, 0.25) is 0 Å². The Morgan fingerprint density at radius 1 is 1.25 bits per heavy atom. The molecule has 1 unspecified atom stereocenters. The molecular weight excluding hydrogens is 282 g/mol. The summed E-state index contributed by atoms with van der Waals surface area (Å²) in [6, 6.07) is 9.30. The topological polar surface area (TPSA) is 29.3 Å². The minimum absolute atomic E-state index is 0.242. The lowest BCUT2D eigenvalue weighted by Gasteiger charge is -2.26. The van der Waals surface area contributed by atoms with Gasteiger partial charge in [0, 0.05) is 35.4 Å². The molecular formula is C15H13ClF2N2. The summed E-state index contributed by atoms with van der Waals surface area (Å²) in [5.74, 6) is -1.10. The van der Waals surface area contributed by atoms with Gasteiger partial charge in [-0.25, -0.2) is 8.78 Å². The Morgan fingerprint density at radius 2 is 2.05 bits per heavy atom. The lowest BCUT2D eigenvalue weighted by molar-refractivity contribution is 0.573. The molecule has 2 nitrogen and oxygen atoms in total. The SMILES string of the molecule is NCC1c2cc(F)cc(F)c2CN1c1cccc(Cl)c1. The summed E-state index contributed by atoms with van der Waals surface area (Å²) in [4.78, 5) is 1.94. The summed E-state index contributed by atoms with van der Waals surface area (Å²) in [5, 5.41) is 0.598. The van der Waals surface area contributed by atoms with Crippen molar-refractivity contribution in [3.63, 3.8) is 0 Å². The van der Waals surface area contributed by atoms with E-state index in [-0.39, 0.29) is 12.6 Å². The molecule has 0 saturated carbocycles. The van der Waals surface area contributed by atoms with Crippen LogP contribution in [-0.2, 0) is 6.54 Å². The fourth-order valence-electron chi connectivity index (χ4n) is 2.72. The van der Waals surface area contributed by atoms with Gasteiger partial charge in [-0.05, 0) is 29.8 Å². The fourth-order valence-corrected chi connectivity index (χ4v) is 2.90. The predicted octanol–water partition coefficient (Wildman–Crippen LogP) is 3.64. The molecule has 5 heteroatoms. The molecule has 1 aliphatic rings. The molecule has 3 rings (SSSR count). The zero-order valence-corrected chi connectivity index (χ0v) is 11.4. The van der Waals surface area contributed by atoms with Crippen molar-refractivity contribution in [2.75, 3.05) is 11.4 Å². The van der Waals surface area contributed by atoms with Crippen molar-refractivity contribution in [1.82, 2.24) is 0 Å². The normalized spacial score (nSPS) is 17.4. The molecule has 104 valence electrons. The van der Waals surface area contributed by atoms with Crippen molar-refractivity contribution in [3.8, 4) is 0 Å². The molecule has 0 radical (unpaired) electrons. The fraction of sp³-hybridized carbons (Fsp3) is 0.200. The summed E-state index contributed by atoms with van der Waals surface area (Å²) < 4.78 is 27.3. The van der Waals surface area contributed by atoms with E-state index >= 15 is 0 Å². The molecule has 0 fully saturated rings. The van der Waals surface area contributed by atoms with Crippen LogP contribution in [0, 0.1) is 11.6 Å². The van der Waals surface area contributed by atoms with Crippen LogP contribution in [0.5, 0.6) is 0 Å². The third-order valence-corrected chi connectivity index (χ3v) is 3.86. The second-order valence-electron chi connectivity index (χ2n) is 4.81. The van der Waals surface area contributed by atoms with E-state index in [1.807, 2.05) is 17.0 Å². The average Bonchev–Trinajstić information content (AvgIpc) is 2.77. The molecule has 1 aliphatic heterocycles. The van der Waals surface area contributed by atoms with Gasteiger partial charge in [-0.1, -0.05) is 17.7 Å². The Labute approximate surface area is 120 Å². The second-order valence-corrected chi connectivity index (χ2v) is 5.25. The van der Waals surface area contributed by atoms with Gasteiger partial charge in [-0.2, -0.15) is 0 Å². The summed E-state index contributed by atoms with van der Waals surface area (Å²) >= 11 is 5.99. The monoisotopic (exact) mass is 294 g/mol. The number of anilines is 1. The lowest BCUT2D eigenvalue weighted by atomic mass is 10.0. The van der Waals surface area contributed by atoms with Crippen LogP contribution in [-0.4, -0.2) is 6.54 Å². The third kappa shape index (κ3) is 2.15. The minimum atomic E-state index is -0.576. The van der Waals surface area contributed by atoms with Crippen molar-refractivity contribution < 1.29 is 8.78 Å². The maximum absolute atomic E-state index is 13.9. The van der Waals surface area contributed by atoms with Crippen molar-refractivity contribution >= 4 is 17.3 Å². The Morgan fingerprint density at radius 3 is 2.75 bits per heavy atom. The first-order valence-corrected chi connectivity index (χ1v) is 6.68. The molecule has 1 heterocycles. The predicted molar refractivity (Wildman–Crippen MR) is 75.8 cm³/mol. The van der Waals surface area contributed by atoms with Crippen LogP contribution in [0.15, 0.2) is 36.4 Å². The molecule has 0 aromatic heterocycles. The number of halogens is 3. The van der Waals surface area contributed by atoms with Crippen molar-refractivity contribution in [2.24, 2.45) is 5.73 Å². The Balaban J connectivity index is 2.07. The van der Waals surface area contributed by atoms with Gasteiger partial charge < -0.3 is 10.6 Å². The molecule has 0 saturated heterocycles. The smallest absolute Gasteiger partial charge is 0.131 e. The van der Waals surface area contributed by atoms with Gasteiger partial charge in [0.15, 0.2) is 0 Å². The Kier molecular flexibility index (Phi) is 3.36. The number of benzene rings is 2. The Bertz CT molecular complexity index is 660. The number of nitrogens with zero attached hydrogens (tertiary/aromatic N) is 1. The highest BCUT2D eigenvalue weighted by atomic mass is 35.5. The summed E-state index contributed by atoms with van der Waals surface area (Å²) in [6.45, 7) is 0.645. The average molecular weight is 295 g/mol. The molecule has 20 heavy (non-hydrogen) atoms. The van der Waals surface area contributed by atoms with Crippen LogP contribution in [0.2, 0.25) is 5.02 Å². The van der Waals surface area contributed by atoms with Gasteiger partial charge in [-0.3, -0.25) is 0 Å². The van der Waals surface area contributed by atoms with Crippen LogP contribution >= 0.6 is 11.6 Å². The summed E-state index contributed by atoms with van der Waals surface area (Å²) in [6.07, 6.45) is 0. The van der Waals surface area contributed by atoms with Crippen molar-refractivity contribution in [3.05, 3.63) is 64.2 Å². The van der Waals surface area contributed by atoms with Crippen LogP contribution in [0.3, 0.4) is 0 Å². The molecule has 0 amide bonds. The van der Waals surface area contributed by atoms with E-state index in [0.29, 0.717) is 22.7 Å². The standard InChI is InChI=1S/C15H13ClF2N2/c16-9-2-1-3-11(4-9)20-8-13-12(15(20)7-19)5-10(17)6-14(13)18/h1-6,15H,7-8,19H2. The quantitative estimate of drug-likeness (QED) is 0.916. The number of hydrogen-bond acceptors (Lipinski definition) is 2. The number of hydrogen-bond donors (Lipinski definition) is 1. The molecule has 2 N–H and O–H groups in total. The summed E-state index contributed by atoms with van der Waals surface area (Å²) in [7, 11) is 0. The lowest BCUT2D eigenvalue weighted by Crippen LogP contribution is -2.27. The first-order chi connectivity index (χ1) is 9.60. The van der Waals surface area contributed by atoms with Gasteiger partial charge in [0.05, 0.1) is 6.04 Å². The first-order valence-electron chi connectivity index (χ1n) is 6.30. The zero-order valence-electron chi connectivity index (χ0n) is 10.6. The Hall–Kier alpha value is -1.65. The molecule has 1 atom stereocenters. The van der Waals surface area contributed by atoms with Gasteiger partial charge in [0.1, 0.15) is 11.6 Å². The molecule has 2 aromatic carbocycles. The molecule has 0 aliphatic carbocycles. The van der Waals surface area contributed by atoms with E-state index < -0.39 is 11.6 Å². The van der Waals surface area contributed by atoms with Gasteiger partial charge in [0.25, 0.3) is 0 Å². The number of nitrogens with two attached hydrogens (primary N) is 1. The zero-order chi connectivity index (χ0) is 14.3. The van der Waals surface area contributed by atoms with E-state index in [4.69, 9.17) is 17.3 Å². The highest BCUT2D eigenvalue weighted by Crippen LogP contribution is 2.39. The summed E-state index contributed by atoms with van der Waals surface area (Å²) in [5.41, 5.74) is 7.76. The highest BCUT2D eigenvalue weighted by molar-refractivity contribution is 6.30. The first kappa shape index (κ1) is 13.3. The van der Waals surface area contributed by atoms with Crippen LogP contribution in [0.4, 0.5) is 14.5 Å². The van der Waals surface area contributed by atoms with Gasteiger partial charge in [-0.15, -0.1) is 0 Å². The molecule has 0 bridgehead atoms. The largest absolute Gasteiger partial charge is 0.359 e. The van der Waals surface area contributed by atoms with E-state index in [1.54, 1.807) is 12.1 Å². The minimum Gasteiger partial charge on any atom is -0.359 e. The van der Waals surface area contributed by atoms with E-state index in [2.05, 4.69) is 0 Å². The number of rotatable bonds is 2. The van der Waals surface area contributed by atoms with Crippen molar-refractivity contribution in [1.29, 1.82) is 0 Å². The van der Waals surface area contributed by atoms with E-state index in [0.717, 1.165) is 11.8 Å². The van der Waals surface area contributed by atoms with E-state index in [9.17, 15) is 8.78 Å². The number of fused-ring (bicyclic) bond motifs is 1. The highest BCUT2D eigenvalue weighted by Gasteiger charge is 2.32. The second kappa shape index (κ2) is 5.04. The van der Waals surface area contributed by atoms with E-state index in [1.165, 1.54) is 6.07 Å². The van der Waals surface area contributed by atoms with Gasteiger partial charge >= 0.3 is 0 Å². The maximum Gasteiger partial charge on any atom is 0.131 e.